The van der Waals surface area contributed by atoms with E-state index < -0.39 is 0 Å². The van der Waals surface area contributed by atoms with Crippen LogP contribution < -0.4 is 4.74 Å². The maximum atomic E-state index is 5.33. The van der Waals surface area contributed by atoms with E-state index in [1.807, 2.05) is 6.92 Å². The summed E-state index contributed by atoms with van der Waals surface area (Å²) < 4.78 is 6.55. The van der Waals surface area contributed by atoms with E-state index >= 15 is 0 Å². The smallest absolute Gasteiger partial charge is 0.146 e. The van der Waals surface area contributed by atoms with Gasteiger partial charge in [0.25, 0.3) is 0 Å². The van der Waals surface area contributed by atoms with Crippen molar-refractivity contribution < 1.29 is 4.74 Å². The molecule has 1 aromatic carbocycles. The van der Waals surface area contributed by atoms with Crippen LogP contribution in [0.25, 0.3) is 10.2 Å². The van der Waals surface area contributed by atoms with E-state index in [1.54, 1.807) is 18.4 Å². The summed E-state index contributed by atoms with van der Waals surface area (Å²) in [5.74, 6) is 0.892. The van der Waals surface area contributed by atoms with Crippen LogP contribution in [0.15, 0.2) is 12.1 Å². The molecule has 2 rings (SSSR count). The average molecular weight is 251 g/mol. The van der Waals surface area contributed by atoms with Crippen LogP contribution in [0, 0.1) is 6.92 Å². The molecule has 0 aliphatic rings. The third kappa shape index (κ3) is 3.43. The lowest BCUT2D eigenvalue weighted by molar-refractivity contribution is 0.418. The van der Waals surface area contributed by atoms with Crippen molar-refractivity contribution in [3.63, 3.8) is 0 Å². The molecule has 0 saturated heterocycles. The Hall–Kier alpha value is -1.09. The number of fused-ring (bicyclic) bond motifs is 1. The van der Waals surface area contributed by atoms with Gasteiger partial charge in [0.05, 0.1) is 16.8 Å². The molecule has 3 heteroatoms. The minimum absolute atomic E-state index is 0.892. The lowest BCUT2D eigenvalue weighted by atomic mass is 10.1. The summed E-state index contributed by atoms with van der Waals surface area (Å²) in [5, 5.41) is 1.09. The Bertz CT molecular complexity index is 476. The van der Waals surface area contributed by atoms with Gasteiger partial charge in [-0.3, -0.25) is 0 Å². The minimum Gasteiger partial charge on any atom is -0.494 e. The topological polar surface area (TPSA) is 22.1 Å². The van der Waals surface area contributed by atoms with Gasteiger partial charge in [0.2, 0.25) is 0 Å². The Labute approximate surface area is 108 Å². The maximum absolute atomic E-state index is 5.33. The van der Waals surface area contributed by atoms with Gasteiger partial charge in [-0.25, -0.2) is 4.98 Å². The van der Waals surface area contributed by atoms with Crippen LogP contribution in [-0.4, -0.2) is 12.1 Å². The molecular formula is C14H21NOS. The molecule has 0 radical (unpaired) electrons. The number of thiazole rings is 1. The average Bonchev–Trinajstić information content (AvgIpc) is 2.68. The number of aryl methyl sites for hydroxylation is 2. The standard InChI is InChI=1S/C11H13NOS.C3H8/c1-4-8-5-9(13-3)11-10(6-8)14-7(2)12-11;1-3-2/h5-6H,4H2,1-3H3;3H2,1-2H3. The summed E-state index contributed by atoms with van der Waals surface area (Å²) in [5.41, 5.74) is 2.30. The summed E-state index contributed by atoms with van der Waals surface area (Å²) in [4.78, 5) is 4.45. The molecule has 0 aliphatic carbocycles. The number of aromatic nitrogens is 1. The van der Waals surface area contributed by atoms with Crippen molar-refractivity contribution in [2.75, 3.05) is 7.11 Å². The Kier molecular flexibility index (Phi) is 5.42. The van der Waals surface area contributed by atoms with Crippen LogP contribution in [0.5, 0.6) is 5.75 Å². The number of methoxy groups -OCH3 is 1. The van der Waals surface area contributed by atoms with Crippen molar-refractivity contribution in [2.45, 2.75) is 40.5 Å². The molecule has 0 atom stereocenters. The molecule has 1 heterocycles. The van der Waals surface area contributed by atoms with Gasteiger partial charge in [-0.15, -0.1) is 11.3 Å². The highest BCUT2D eigenvalue weighted by molar-refractivity contribution is 7.18. The van der Waals surface area contributed by atoms with Crippen LogP contribution in [0.4, 0.5) is 0 Å². The highest BCUT2D eigenvalue weighted by atomic mass is 32.1. The predicted octanol–water partition coefficient (Wildman–Crippen LogP) is 4.59. The second-order valence-electron chi connectivity index (χ2n) is 3.94. The van der Waals surface area contributed by atoms with E-state index in [1.165, 1.54) is 16.7 Å². The van der Waals surface area contributed by atoms with Crippen LogP contribution >= 0.6 is 11.3 Å². The van der Waals surface area contributed by atoms with Gasteiger partial charge < -0.3 is 4.74 Å². The first kappa shape index (κ1) is 14.0. The van der Waals surface area contributed by atoms with E-state index in [2.05, 4.69) is 37.9 Å². The molecule has 0 unspecified atom stereocenters. The summed E-state index contributed by atoms with van der Waals surface area (Å²) in [6.45, 7) is 8.42. The van der Waals surface area contributed by atoms with Crippen LogP contribution in [0.2, 0.25) is 0 Å². The zero-order valence-corrected chi connectivity index (χ0v) is 12.1. The second kappa shape index (κ2) is 6.60. The molecule has 2 nitrogen and oxygen atoms in total. The van der Waals surface area contributed by atoms with E-state index in [9.17, 15) is 0 Å². The minimum atomic E-state index is 0.892. The molecule has 1 aromatic heterocycles. The zero-order chi connectivity index (χ0) is 12.8. The molecule has 0 N–H and O–H groups in total. The van der Waals surface area contributed by atoms with Gasteiger partial charge in [0.1, 0.15) is 11.3 Å². The second-order valence-corrected chi connectivity index (χ2v) is 5.17. The fraction of sp³-hybridized carbons (Fsp3) is 0.500. The molecule has 0 spiro atoms. The number of benzene rings is 1. The van der Waals surface area contributed by atoms with Gasteiger partial charge in [-0.1, -0.05) is 27.2 Å². The lowest BCUT2D eigenvalue weighted by Crippen LogP contribution is -1.87. The summed E-state index contributed by atoms with van der Waals surface area (Å²) in [6, 6.07) is 4.27. The van der Waals surface area contributed by atoms with Crippen molar-refractivity contribution in [3.8, 4) is 5.75 Å². The molecule has 0 aliphatic heterocycles. The quantitative estimate of drug-likeness (QED) is 0.778. The predicted molar refractivity (Wildman–Crippen MR) is 76.3 cm³/mol. The third-order valence-electron chi connectivity index (χ3n) is 2.25. The van der Waals surface area contributed by atoms with E-state index in [0.717, 1.165) is 22.7 Å². The number of hydrogen-bond donors (Lipinski definition) is 0. The van der Waals surface area contributed by atoms with Crippen LogP contribution in [-0.2, 0) is 6.42 Å². The largest absolute Gasteiger partial charge is 0.494 e. The van der Waals surface area contributed by atoms with Crippen molar-refractivity contribution >= 4 is 21.6 Å². The Morgan fingerprint density at radius 2 is 1.88 bits per heavy atom. The molecule has 0 amide bonds. The van der Waals surface area contributed by atoms with E-state index in [-0.39, 0.29) is 0 Å². The normalized spacial score (nSPS) is 9.94. The van der Waals surface area contributed by atoms with Crippen molar-refractivity contribution in [1.29, 1.82) is 0 Å². The number of nitrogens with zero attached hydrogens (tertiary/aromatic N) is 1. The van der Waals surface area contributed by atoms with E-state index in [4.69, 9.17) is 4.74 Å². The Morgan fingerprint density at radius 3 is 2.41 bits per heavy atom. The van der Waals surface area contributed by atoms with Crippen molar-refractivity contribution in [2.24, 2.45) is 0 Å². The van der Waals surface area contributed by atoms with Crippen molar-refractivity contribution in [1.82, 2.24) is 4.98 Å². The number of ether oxygens (including phenoxy) is 1. The molecular weight excluding hydrogens is 230 g/mol. The third-order valence-corrected chi connectivity index (χ3v) is 3.17. The summed E-state index contributed by atoms with van der Waals surface area (Å²) in [6.07, 6.45) is 2.28. The summed E-state index contributed by atoms with van der Waals surface area (Å²) in [7, 11) is 1.70. The monoisotopic (exact) mass is 251 g/mol. The number of rotatable bonds is 2. The highest BCUT2D eigenvalue weighted by Crippen LogP contribution is 2.31. The Balaban J connectivity index is 0.000000437. The van der Waals surface area contributed by atoms with Crippen LogP contribution in [0.3, 0.4) is 0 Å². The van der Waals surface area contributed by atoms with Gasteiger partial charge in [0.15, 0.2) is 0 Å². The Morgan fingerprint density at radius 1 is 1.24 bits per heavy atom. The van der Waals surface area contributed by atoms with Crippen molar-refractivity contribution in [3.05, 3.63) is 22.7 Å². The maximum Gasteiger partial charge on any atom is 0.146 e. The van der Waals surface area contributed by atoms with Gasteiger partial charge in [-0.05, 0) is 31.0 Å². The van der Waals surface area contributed by atoms with Crippen LogP contribution in [0.1, 0.15) is 37.8 Å². The van der Waals surface area contributed by atoms with E-state index in [0.29, 0.717) is 0 Å². The molecule has 94 valence electrons. The first-order valence-electron chi connectivity index (χ1n) is 6.10. The lowest BCUT2D eigenvalue weighted by Gasteiger charge is -2.03. The van der Waals surface area contributed by atoms with Gasteiger partial charge in [0, 0.05) is 0 Å². The highest BCUT2D eigenvalue weighted by Gasteiger charge is 2.07. The zero-order valence-electron chi connectivity index (χ0n) is 11.3. The molecule has 0 saturated carbocycles. The first-order valence-corrected chi connectivity index (χ1v) is 6.91. The fourth-order valence-electron chi connectivity index (χ4n) is 1.52. The molecule has 2 aromatic rings. The number of hydrogen-bond acceptors (Lipinski definition) is 3. The molecule has 17 heavy (non-hydrogen) atoms. The fourth-order valence-corrected chi connectivity index (χ4v) is 2.43. The molecule has 0 fully saturated rings. The first-order chi connectivity index (χ1) is 8.15. The summed E-state index contributed by atoms with van der Waals surface area (Å²) >= 11 is 1.72. The van der Waals surface area contributed by atoms with Gasteiger partial charge in [-0.2, -0.15) is 0 Å². The SMILES string of the molecule is CCC.CCc1cc(OC)c2nc(C)sc2c1. The molecule has 0 bridgehead atoms. The van der Waals surface area contributed by atoms with Gasteiger partial charge >= 0.3 is 0 Å².